The number of H-pyrrole nitrogens is 1. The molecule has 1 aromatic heterocycles. The Morgan fingerprint density at radius 3 is 2.83 bits per heavy atom. The Bertz CT molecular complexity index is 785. The highest BCUT2D eigenvalue weighted by Crippen LogP contribution is 2.21. The Balaban J connectivity index is 2.18. The van der Waals surface area contributed by atoms with E-state index in [4.69, 9.17) is 21.7 Å². The van der Waals surface area contributed by atoms with Gasteiger partial charge in [0.15, 0.2) is 3.95 Å². The highest BCUT2D eigenvalue weighted by atomic mass is 32.1. The number of aromatic amines is 1. The molecular formula is C14H14N4O4S2. The summed E-state index contributed by atoms with van der Waals surface area (Å²) in [6, 6.07) is 9.35. The molecule has 24 heavy (non-hydrogen) atoms. The molecule has 2 N–H and O–H groups in total. The predicted molar refractivity (Wildman–Crippen MR) is 89.9 cm³/mol. The minimum atomic E-state index is -1.79. The Morgan fingerprint density at radius 2 is 2.25 bits per heavy atom. The van der Waals surface area contributed by atoms with Crippen LogP contribution in [0.2, 0.25) is 0 Å². The van der Waals surface area contributed by atoms with Crippen LogP contribution in [-0.4, -0.2) is 41.6 Å². The molecule has 2 aromatic rings. The summed E-state index contributed by atoms with van der Waals surface area (Å²) in [6.45, 7) is -0.0257. The number of anilines is 1. The van der Waals surface area contributed by atoms with Crippen LogP contribution in [0.4, 0.5) is 5.13 Å². The van der Waals surface area contributed by atoms with Crippen molar-refractivity contribution in [2.24, 2.45) is 4.99 Å². The van der Waals surface area contributed by atoms with Gasteiger partial charge in [0.05, 0.1) is 13.7 Å². The maximum atomic E-state index is 12.2. The van der Waals surface area contributed by atoms with Gasteiger partial charge in [0, 0.05) is 0 Å². The van der Waals surface area contributed by atoms with E-state index in [1.807, 2.05) is 30.3 Å². The zero-order chi connectivity index (χ0) is 17.4. The molecule has 0 bridgehead atoms. The molecule has 2 rings (SSSR count). The van der Waals surface area contributed by atoms with Crippen molar-refractivity contribution in [2.75, 3.05) is 19.0 Å². The van der Waals surface area contributed by atoms with Gasteiger partial charge in [-0.25, -0.2) is 9.59 Å². The number of carbonyl (C=O) groups is 1. The van der Waals surface area contributed by atoms with E-state index < -0.39 is 11.6 Å². The highest BCUT2D eigenvalue weighted by Gasteiger charge is 2.41. The Hall–Kier alpha value is -2.39. The molecule has 0 saturated heterocycles. The first-order chi connectivity index (χ1) is 11.6. The SMILES string of the molecule is COC(=O)[C@](COCc1ccccc1)(N=C=O)Nc1n[nH]c(=S)s1. The molecule has 0 fully saturated rings. The number of hydrogen-bond donors (Lipinski definition) is 2. The zero-order valence-electron chi connectivity index (χ0n) is 12.6. The number of aliphatic imine (C=N–C) groups is 1. The number of aromatic nitrogens is 2. The Kier molecular flexibility index (Phi) is 6.33. The molecule has 0 saturated carbocycles. The molecule has 0 radical (unpaired) electrons. The van der Waals surface area contributed by atoms with Gasteiger partial charge in [-0.15, -0.1) is 5.10 Å². The van der Waals surface area contributed by atoms with Gasteiger partial charge in [0.2, 0.25) is 11.2 Å². The number of carbonyl (C=O) groups excluding carboxylic acids is 2. The van der Waals surface area contributed by atoms with Crippen LogP contribution < -0.4 is 5.32 Å². The number of nitrogens with one attached hydrogen (secondary N) is 2. The third-order valence-electron chi connectivity index (χ3n) is 2.93. The molecule has 1 aromatic carbocycles. The normalized spacial score (nSPS) is 12.7. The number of rotatable bonds is 8. The van der Waals surface area contributed by atoms with Crippen molar-refractivity contribution < 1.29 is 19.1 Å². The molecule has 0 aliphatic rings. The van der Waals surface area contributed by atoms with Crippen LogP contribution in [0.25, 0.3) is 0 Å². The van der Waals surface area contributed by atoms with E-state index in [1.54, 1.807) is 0 Å². The van der Waals surface area contributed by atoms with Crippen LogP contribution in [0.1, 0.15) is 5.56 Å². The number of methoxy groups -OCH3 is 1. The zero-order valence-corrected chi connectivity index (χ0v) is 14.3. The topological polar surface area (TPSA) is 106 Å². The summed E-state index contributed by atoms with van der Waals surface area (Å²) in [4.78, 5) is 26.6. The van der Waals surface area contributed by atoms with E-state index in [0.717, 1.165) is 16.9 Å². The average Bonchev–Trinajstić information content (AvgIpc) is 3.00. The summed E-state index contributed by atoms with van der Waals surface area (Å²) in [5.41, 5.74) is -0.888. The molecule has 0 aliphatic heterocycles. The van der Waals surface area contributed by atoms with Crippen LogP contribution in [0.15, 0.2) is 35.3 Å². The lowest BCUT2D eigenvalue weighted by Gasteiger charge is -2.25. The van der Waals surface area contributed by atoms with Crippen LogP contribution >= 0.6 is 23.6 Å². The van der Waals surface area contributed by atoms with Gasteiger partial charge in [-0.1, -0.05) is 41.7 Å². The standard InChI is InChI=1S/C14H14N4O4S2/c1-21-11(20)14(15-9-19,16-12-17-18-13(23)24-12)8-22-7-10-5-3-2-4-6-10/h2-6H,7-8H2,1H3,(H,16,17)(H,18,23)/t14-/m1/s1. The number of hydrogen-bond acceptors (Lipinski definition) is 9. The second-order valence-corrected chi connectivity index (χ2v) is 6.24. The summed E-state index contributed by atoms with van der Waals surface area (Å²) in [6.07, 6.45) is 1.37. The molecule has 8 nitrogen and oxygen atoms in total. The second-order valence-electron chi connectivity index (χ2n) is 4.58. The van der Waals surface area contributed by atoms with Crippen LogP contribution in [0.5, 0.6) is 0 Å². The maximum Gasteiger partial charge on any atom is 0.358 e. The van der Waals surface area contributed by atoms with Gasteiger partial charge in [-0.2, -0.15) is 4.99 Å². The lowest BCUT2D eigenvalue weighted by molar-refractivity contribution is -0.148. The van der Waals surface area contributed by atoms with Crippen molar-refractivity contribution in [2.45, 2.75) is 12.3 Å². The van der Waals surface area contributed by atoms with Gasteiger partial charge < -0.3 is 14.8 Å². The average molecular weight is 366 g/mol. The van der Waals surface area contributed by atoms with Crippen LogP contribution in [0.3, 0.4) is 0 Å². The fraction of sp³-hybridized carbons (Fsp3) is 0.286. The van der Waals surface area contributed by atoms with Crippen LogP contribution in [-0.2, 0) is 25.7 Å². The van der Waals surface area contributed by atoms with E-state index in [1.165, 1.54) is 13.2 Å². The number of isocyanates is 1. The maximum absolute atomic E-state index is 12.2. The quantitative estimate of drug-likeness (QED) is 0.319. The van der Waals surface area contributed by atoms with Crippen molar-refractivity contribution in [3.63, 3.8) is 0 Å². The molecular weight excluding hydrogens is 352 g/mol. The van der Waals surface area contributed by atoms with Crippen LogP contribution in [0, 0.1) is 3.95 Å². The molecule has 0 aliphatic carbocycles. The smallest absolute Gasteiger partial charge is 0.358 e. The Labute approximate surface area is 146 Å². The molecule has 0 amide bonds. The fourth-order valence-electron chi connectivity index (χ4n) is 1.85. The van der Waals surface area contributed by atoms with Gasteiger partial charge in [-0.05, 0) is 17.8 Å². The molecule has 1 atom stereocenters. The number of esters is 1. The highest BCUT2D eigenvalue weighted by molar-refractivity contribution is 7.73. The lowest BCUT2D eigenvalue weighted by Crippen LogP contribution is -2.49. The predicted octanol–water partition coefficient (Wildman–Crippen LogP) is 2.03. The van der Waals surface area contributed by atoms with Crippen molar-refractivity contribution in [3.05, 3.63) is 39.8 Å². The van der Waals surface area contributed by atoms with Gasteiger partial charge >= 0.3 is 5.97 Å². The van der Waals surface area contributed by atoms with E-state index in [2.05, 4.69) is 20.5 Å². The summed E-state index contributed by atoms with van der Waals surface area (Å²) >= 11 is 6.02. The molecule has 1 heterocycles. The summed E-state index contributed by atoms with van der Waals surface area (Å²) < 4.78 is 10.7. The first-order valence-corrected chi connectivity index (χ1v) is 7.95. The number of nitrogens with zero attached hydrogens (tertiary/aromatic N) is 2. The largest absolute Gasteiger partial charge is 0.466 e. The summed E-state index contributed by atoms with van der Waals surface area (Å²) in [5.74, 6) is -0.806. The molecule has 126 valence electrons. The Morgan fingerprint density at radius 1 is 1.50 bits per heavy atom. The number of ether oxygens (including phenoxy) is 2. The van der Waals surface area contributed by atoms with Crippen molar-refractivity contribution in [1.82, 2.24) is 10.2 Å². The third kappa shape index (κ3) is 4.56. The number of benzene rings is 1. The molecule has 0 spiro atoms. The molecule has 0 unspecified atom stereocenters. The summed E-state index contributed by atoms with van der Waals surface area (Å²) in [5, 5.41) is 9.45. The van der Waals surface area contributed by atoms with Crippen molar-refractivity contribution in [3.8, 4) is 0 Å². The van der Waals surface area contributed by atoms with Crippen molar-refractivity contribution in [1.29, 1.82) is 0 Å². The van der Waals surface area contributed by atoms with E-state index in [9.17, 15) is 9.59 Å². The van der Waals surface area contributed by atoms with E-state index in [0.29, 0.717) is 3.95 Å². The van der Waals surface area contributed by atoms with Gasteiger partial charge in [-0.3, -0.25) is 5.10 Å². The summed E-state index contributed by atoms with van der Waals surface area (Å²) in [7, 11) is 1.18. The molecule has 10 heteroatoms. The monoisotopic (exact) mass is 366 g/mol. The first kappa shape index (κ1) is 18.0. The first-order valence-electron chi connectivity index (χ1n) is 6.72. The van der Waals surface area contributed by atoms with Crippen molar-refractivity contribution >= 4 is 40.7 Å². The van der Waals surface area contributed by atoms with E-state index >= 15 is 0 Å². The van der Waals surface area contributed by atoms with E-state index in [-0.39, 0.29) is 18.3 Å². The minimum Gasteiger partial charge on any atom is -0.466 e. The fourth-order valence-corrected chi connectivity index (χ4v) is 2.71. The minimum absolute atomic E-state index is 0.228. The lowest BCUT2D eigenvalue weighted by atomic mass is 10.2. The second kappa shape index (κ2) is 8.46. The van der Waals surface area contributed by atoms with Gasteiger partial charge in [0.25, 0.3) is 5.66 Å². The van der Waals surface area contributed by atoms with Gasteiger partial charge in [0.1, 0.15) is 6.61 Å². The third-order valence-corrected chi connectivity index (χ3v) is 3.94.